The van der Waals surface area contributed by atoms with Crippen LogP contribution in [0.1, 0.15) is 21.5 Å². The van der Waals surface area contributed by atoms with Gasteiger partial charge in [-0.25, -0.2) is 9.18 Å². The molecule has 0 saturated heterocycles. The van der Waals surface area contributed by atoms with E-state index in [0.29, 0.717) is 38.8 Å². The van der Waals surface area contributed by atoms with Crippen LogP contribution in [0.5, 0.6) is 11.5 Å². The number of hydrogen-bond donors (Lipinski definition) is 2. The van der Waals surface area contributed by atoms with Crippen molar-refractivity contribution in [3.05, 3.63) is 85.6 Å². The predicted molar refractivity (Wildman–Crippen MR) is 122 cm³/mol. The van der Waals surface area contributed by atoms with Crippen LogP contribution in [0.4, 0.5) is 10.1 Å². The molecule has 162 valence electrons. The maximum Gasteiger partial charge on any atom is 0.335 e. The lowest BCUT2D eigenvalue weighted by Crippen LogP contribution is -2.04. The molecule has 0 spiro atoms. The SMILES string of the molecule is COc1cc(CNc2cc(C(=O)O)ccc2Cl)cc(Br)c1OCc1ccc(F)cc1Cl. The molecule has 0 aliphatic rings. The lowest BCUT2D eigenvalue weighted by atomic mass is 10.1. The summed E-state index contributed by atoms with van der Waals surface area (Å²) in [5.74, 6) is -0.502. The summed E-state index contributed by atoms with van der Waals surface area (Å²) >= 11 is 15.7. The van der Waals surface area contributed by atoms with Gasteiger partial charge in [-0.1, -0.05) is 29.3 Å². The Bertz CT molecular complexity index is 1130. The Morgan fingerprint density at radius 2 is 1.90 bits per heavy atom. The van der Waals surface area contributed by atoms with E-state index in [0.717, 1.165) is 5.56 Å². The van der Waals surface area contributed by atoms with Crippen molar-refractivity contribution in [2.45, 2.75) is 13.2 Å². The average Bonchev–Trinajstić information content (AvgIpc) is 2.73. The van der Waals surface area contributed by atoms with Gasteiger partial charge >= 0.3 is 5.97 Å². The normalized spacial score (nSPS) is 10.6. The second kappa shape index (κ2) is 10.2. The van der Waals surface area contributed by atoms with Crippen molar-refractivity contribution >= 4 is 50.8 Å². The van der Waals surface area contributed by atoms with Gasteiger partial charge < -0.3 is 19.9 Å². The monoisotopic (exact) mass is 527 g/mol. The molecule has 3 rings (SSSR count). The first-order valence-corrected chi connectivity index (χ1v) is 10.5. The molecular weight excluding hydrogens is 512 g/mol. The Morgan fingerprint density at radius 1 is 1.13 bits per heavy atom. The van der Waals surface area contributed by atoms with Crippen LogP contribution in [0.2, 0.25) is 10.0 Å². The zero-order chi connectivity index (χ0) is 22.5. The minimum Gasteiger partial charge on any atom is -0.493 e. The summed E-state index contributed by atoms with van der Waals surface area (Å²) in [4.78, 5) is 11.2. The summed E-state index contributed by atoms with van der Waals surface area (Å²) in [5, 5.41) is 13.0. The largest absolute Gasteiger partial charge is 0.493 e. The molecule has 0 aliphatic heterocycles. The summed E-state index contributed by atoms with van der Waals surface area (Å²) in [7, 11) is 1.52. The molecule has 0 radical (unpaired) electrons. The van der Waals surface area contributed by atoms with Gasteiger partial charge in [0.25, 0.3) is 0 Å². The molecule has 0 aliphatic carbocycles. The molecule has 3 aromatic rings. The number of ether oxygens (including phenoxy) is 2. The summed E-state index contributed by atoms with van der Waals surface area (Å²) in [6.07, 6.45) is 0. The molecule has 31 heavy (non-hydrogen) atoms. The van der Waals surface area contributed by atoms with Crippen molar-refractivity contribution in [1.29, 1.82) is 0 Å². The molecule has 0 saturated carbocycles. The Kier molecular flexibility index (Phi) is 7.64. The van der Waals surface area contributed by atoms with Gasteiger partial charge in [0.15, 0.2) is 11.5 Å². The highest BCUT2D eigenvalue weighted by atomic mass is 79.9. The molecule has 9 heteroatoms. The standard InChI is InChI=1S/C22H17BrCl2FNO4/c1-30-20-7-12(10-27-19-8-13(22(28)29)3-5-17(19)24)6-16(23)21(20)31-11-14-2-4-15(26)9-18(14)25/h2-9,27H,10-11H2,1H3,(H,28,29). The van der Waals surface area contributed by atoms with E-state index in [4.69, 9.17) is 37.8 Å². The van der Waals surface area contributed by atoms with Crippen molar-refractivity contribution in [3.8, 4) is 11.5 Å². The van der Waals surface area contributed by atoms with Gasteiger partial charge in [0, 0.05) is 12.1 Å². The van der Waals surface area contributed by atoms with Crippen molar-refractivity contribution in [1.82, 2.24) is 0 Å². The Hall–Kier alpha value is -2.48. The molecule has 0 fully saturated rings. The second-order valence-corrected chi connectivity index (χ2v) is 8.16. The van der Waals surface area contributed by atoms with Gasteiger partial charge in [0.2, 0.25) is 0 Å². The summed E-state index contributed by atoms with van der Waals surface area (Å²) < 4.78 is 25.2. The predicted octanol–water partition coefficient (Wildman–Crippen LogP) is 6.79. The Labute approximate surface area is 196 Å². The number of carboxylic acids is 1. The van der Waals surface area contributed by atoms with Crippen LogP contribution < -0.4 is 14.8 Å². The van der Waals surface area contributed by atoms with E-state index >= 15 is 0 Å². The quantitative estimate of drug-likeness (QED) is 0.337. The fraction of sp³-hybridized carbons (Fsp3) is 0.136. The summed E-state index contributed by atoms with van der Waals surface area (Å²) in [5.41, 5.74) is 2.11. The molecule has 0 heterocycles. The highest BCUT2D eigenvalue weighted by molar-refractivity contribution is 9.10. The van der Waals surface area contributed by atoms with Crippen LogP contribution in [-0.2, 0) is 13.2 Å². The number of benzene rings is 3. The maximum atomic E-state index is 13.2. The molecule has 0 unspecified atom stereocenters. The smallest absolute Gasteiger partial charge is 0.335 e. The molecule has 0 atom stereocenters. The van der Waals surface area contributed by atoms with E-state index < -0.39 is 11.8 Å². The van der Waals surface area contributed by atoms with Crippen LogP contribution in [0.25, 0.3) is 0 Å². The number of carboxylic acid groups (broad SMARTS) is 1. The zero-order valence-corrected chi connectivity index (χ0v) is 19.3. The number of aromatic carboxylic acids is 1. The third kappa shape index (κ3) is 5.81. The van der Waals surface area contributed by atoms with E-state index in [1.807, 2.05) is 6.07 Å². The van der Waals surface area contributed by atoms with E-state index in [1.54, 1.807) is 12.1 Å². The highest BCUT2D eigenvalue weighted by Gasteiger charge is 2.14. The van der Waals surface area contributed by atoms with Crippen LogP contribution in [0.15, 0.2) is 53.0 Å². The zero-order valence-electron chi connectivity index (χ0n) is 16.2. The first kappa shape index (κ1) is 23.2. The van der Waals surface area contributed by atoms with Crippen LogP contribution in [0, 0.1) is 5.82 Å². The fourth-order valence-electron chi connectivity index (χ4n) is 2.80. The maximum absolute atomic E-state index is 13.2. The van der Waals surface area contributed by atoms with Gasteiger partial charge in [-0.3, -0.25) is 0 Å². The Balaban J connectivity index is 1.76. The first-order valence-electron chi connectivity index (χ1n) is 8.98. The topological polar surface area (TPSA) is 67.8 Å². The van der Waals surface area contributed by atoms with Gasteiger partial charge in [0.1, 0.15) is 12.4 Å². The van der Waals surface area contributed by atoms with Crippen molar-refractivity contribution in [3.63, 3.8) is 0 Å². The molecule has 5 nitrogen and oxygen atoms in total. The van der Waals surface area contributed by atoms with Crippen LogP contribution in [0.3, 0.4) is 0 Å². The summed E-state index contributed by atoms with van der Waals surface area (Å²) in [6, 6.07) is 12.2. The third-order valence-corrected chi connectivity index (χ3v) is 5.64. The minimum atomic E-state index is -1.04. The van der Waals surface area contributed by atoms with Gasteiger partial charge in [-0.05, 0) is 64.0 Å². The number of nitrogens with one attached hydrogen (secondary N) is 1. The number of hydrogen-bond acceptors (Lipinski definition) is 4. The molecule has 2 N–H and O–H groups in total. The Morgan fingerprint density at radius 3 is 2.58 bits per heavy atom. The number of halogens is 4. The average molecular weight is 529 g/mol. The van der Waals surface area contributed by atoms with Crippen molar-refractivity contribution < 1.29 is 23.8 Å². The molecule has 0 aromatic heterocycles. The van der Waals surface area contributed by atoms with Crippen molar-refractivity contribution in [2.24, 2.45) is 0 Å². The summed E-state index contributed by atoms with van der Waals surface area (Å²) in [6.45, 7) is 0.491. The number of anilines is 1. The molecular formula is C22H17BrCl2FNO4. The van der Waals surface area contributed by atoms with E-state index in [-0.39, 0.29) is 17.2 Å². The van der Waals surface area contributed by atoms with Gasteiger partial charge in [-0.15, -0.1) is 0 Å². The van der Waals surface area contributed by atoms with Gasteiger partial charge in [-0.2, -0.15) is 0 Å². The third-order valence-electron chi connectivity index (χ3n) is 4.37. The molecule has 0 amide bonds. The lowest BCUT2D eigenvalue weighted by molar-refractivity contribution is 0.0697. The van der Waals surface area contributed by atoms with Crippen LogP contribution >= 0.6 is 39.1 Å². The number of methoxy groups -OCH3 is 1. The number of carbonyl (C=O) groups is 1. The lowest BCUT2D eigenvalue weighted by Gasteiger charge is -2.16. The van der Waals surface area contributed by atoms with E-state index in [9.17, 15) is 9.18 Å². The highest BCUT2D eigenvalue weighted by Crippen LogP contribution is 2.38. The van der Waals surface area contributed by atoms with E-state index in [2.05, 4.69) is 21.2 Å². The van der Waals surface area contributed by atoms with Gasteiger partial charge in [0.05, 0.1) is 32.9 Å². The molecule has 3 aromatic carbocycles. The second-order valence-electron chi connectivity index (χ2n) is 6.49. The van der Waals surface area contributed by atoms with Crippen LogP contribution in [-0.4, -0.2) is 18.2 Å². The minimum absolute atomic E-state index is 0.128. The fourth-order valence-corrected chi connectivity index (χ4v) is 3.81. The number of rotatable bonds is 8. The molecule has 0 bridgehead atoms. The van der Waals surface area contributed by atoms with E-state index in [1.165, 1.54) is 37.4 Å². The van der Waals surface area contributed by atoms with Crippen molar-refractivity contribution in [2.75, 3.05) is 12.4 Å². The first-order chi connectivity index (χ1) is 14.8.